The van der Waals surface area contributed by atoms with Crippen molar-refractivity contribution in [3.63, 3.8) is 0 Å². The van der Waals surface area contributed by atoms with E-state index in [0.29, 0.717) is 11.4 Å². The Morgan fingerprint density at radius 3 is 2.86 bits per heavy atom. The van der Waals surface area contributed by atoms with Crippen LogP contribution in [-0.2, 0) is 24.2 Å². The topological polar surface area (TPSA) is 84.2 Å². The number of carboxylic acid groups (broad SMARTS) is 1. The zero-order valence-electron chi connectivity index (χ0n) is 11.4. The number of carbonyl (C=O) groups is 2. The van der Waals surface area contributed by atoms with Crippen molar-refractivity contribution >= 4 is 17.7 Å². The normalized spacial score (nSPS) is 13.0. The predicted molar refractivity (Wildman–Crippen MR) is 76.3 cm³/mol. The van der Waals surface area contributed by atoms with Crippen LogP contribution < -0.4 is 5.32 Å². The van der Waals surface area contributed by atoms with Crippen molar-refractivity contribution in [2.75, 3.05) is 5.32 Å². The van der Waals surface area contributed by atoms with Crippen molar-refractivity contribution in [1.29, 1.82) is 0 Å². The molecule has 0 radical (unpaired) electrons. The van der Waals surface area contributed by atoms with Crippen LogP contribution in [0.25, 0.3) is 0 Å². The Balaban J connectivity index is 1.71. The molecule has 108 valence electrons. The number of carbonyl (C=O) groups excluding carboxylic acids is 1. The second-order valence-electron chi connectivity index (χ2n) is 5.08. The molecule has 0 unspecified atom stereocenters. The molecular formula is C15H15N3O3. The summed E-state index contributed by atoms with van der Waals surface area (Å²) < 4.78 is 1.26. The number of nitrogens with one attached hydrogen (secondary N) is 1. The highest BCUT2D eigenvalue weighted by Crippen LogP contribution is 2.23. The predicted octanol–water partition coefficient (Wildman–Crippen LogP) is 1.71. The number of benzene rings is 1. The van der Waals surface area contributed by atoms with E-state index in [-0.39, 0.29) is 12.5 Å². The Kier molecular flexibility index (Phi) is 3.43. The third kappa shape index (κ3) is 2.94. The quantitative estimate of drug-likeness (QED) is 0.895. The lowest BCUT2D eigenvalue weighted by molar-refractivity contribution is -0.137. The van der Waals surface area contributed by atoms with Gasteiger partial charge in [-0.1, -0.05) is 6.07 Å². The van der Waals surface area contributed by atoms with Crippen LogP contribution in [0.2, 0.25) is 0 Å². The second kappa shape index (κ2) is 5.40. The summed E-state index contributed by atoms with van der Waals surface area (Å²) in [5, 5.41) is 15.3. The Morgan fingerprint density at radius 2 is 2.05 bits per heavy atom. The van der Waals surface area contributed by atoms with Gasteiger partial charge in [0.1, 0.15) is 6.54 Å². The van der Waals surface area contributed by atoms with Crippen LogP contribution in [0.4, 0.5) is 5.82 Å². The number of aliphatic carboxylic acids is 1. The van der Waals surface area contributed by atoms with Gasteiger partial charge in [-0.2, -0.15) is 5.10 Å². The van der Waals surface area contributed by atoms with E-state index in [1.807, 2.05) is 18.2 Å². The van der Waals surface area contributed by atoms with Gasteiger partial charge in [0.2, 0.25) is 0 Å². The van der Waals surface area contributed by atoms with Crippen molar-refractivity contribution in [2.45, 2.75) is 25.8 Å². The number of fused-ring (bicyclic) bond motifs is 1. The molecule has 1 aliphatic rings. The van der Waals surface area contributed by atoms with E-state index >= 15 is 0 Å². The highest BCUT2D eigenvalue weighted by Gasteiger charge is 2.14. The zero-order chi connectivity index (χ0) is 14.8. The minimum atomic E-state index is -0.977. The van der Waals surface area contributed by atoms with Crippen molar-refractivity contribution in [3.8, 4) is 0 Å². The van der Waals surface area contributed by atoms with Gasteiger partial charge in [0.15, 0.2) is 5.82 Å². The van der Waals surface area contributed by atoms with Crippen LogP contribution in [0.5, 0.6) is 0 Å². The highest BCUT2D eigenvalue weighted by atomic mass is 16.4. The lowest BCUT2D eigenvalue weighted by Crippen LogP contribution is -2.14. The molecule has 1 heterocycles. The largest absolute Gasteiger partial charge is 0.480 e. The molecule has 0 fully saturated rings. The molecule has 0 spiro atoms. The molecule has 1 aromatic carbocycles. The average molecular weight is 285 g/mol. The number of hydrogen-bond donors (Lipinski definition) is 2. The lowest BCUT2D eigenvalue weighted by atomic mass is 10.1. The van der Waals surface area contributed by atoms with Crippen molar-refractivity contribution in [3.05, 3.63) is 47.2 Å². The molecule has 6 heteroatoms. The number of aromatic nitrogens is 2. The fourth-order valence-corrected chi connectivity index (χ4v) is 2.56. The molecule has 6 nitrogen and oxygen atoms in total. The number of carboxylic acids is 1. The number of amides is 1. The summed E-state index contributed by atoms with van der Waals surface area (Å²) in [7, 11) is 0. The summed E-state index contributed by atoms with van der Waals surface area (Å²) in [4.78, 5) is 22.8. The van der Waals surface area contributed by atoms with Gasteiger partial charge in [0.05, 0.1) is 0 Å². The molecule has 1 aromatic heterocycles. The first kappa shape index (κ1) is 13.4. The molecule has 0 atom stereocenters. The Labute approximate surface area is 121 Å². The third-order valence-electron chi connectivity index (χ3n) is 3.54. The van der Waals surface area contributed by atoms with Crippen molar-refractivity contribution in [2.24, 2.45) is 0 Å². The monoisotopic (exact) mass is 285 g/mol. The van der Waals surface area contributed by atoms with Crippen LogP contribution in [-0.4, -0.2) is 26.8 Å². The van der Waals surface area contributed by atoms with E-state index in [2.05, 4.69) is 10.4 Å². The molecular weight excluding hydrogens is 270 g/mol. The standard InChI is InChI=1S/C15H15N3O3/c19-14(20)9-18-7-6-13(17-18)16-15(21)12-5-4-10-2-1-3-11(10)8-12/h4-8H,1-3,9H2,(H,19,20)(H,16,17,21). The van der Waals surface area contributed by atoms with Gasteiger partial charge < -0.3 is 10.4 Å². The number of hydrogen-bond acceptors (Lipinski definition) is 3. The van der Waals surface area contributed by atoms with Crippen LogP contribution in [0, 0.1) is 0 Å². The summed E-state index contributed by atoms with van der Waals surface area (Å²) in [6.07, 6.45) is 4.76. The molecule has 0 bridgehead atoms. The van der Waals surface area contributed by atoms with Crippen molar-refractivity contribution in [1.82, 2.24) is 9.78 Å². The van der Waals surface area contributed by atoms with E-state index in [9.17, 15) is 9.59 Å². The second-order valence-corrected chi connectivity index (χ2v) is 5.08. The van der Waals surface area contributed by atoms with E-state index in [1.165, 1.54) is 22.0 Å². The van der Waals surface area contributed by atoms with Gasteiger partial charge in [0.25, 0.3) is 5.91 Å². The SMILES string of the molecule is O=C(O)Cn1ccc(NC(=O)c2ccc3c(c2)CCC3)n1. The number of anilines is 1. The first-order valence-electron chi connectivity index (χ1n) is 6.80. The molecule has 2 N–H and O–H groups in total. The Bertz CT molecular complexity index is 706. The van der Waals surface area contributed by atoms with Gasteiger partial charge >= 0.3 is 5.97 Å². The number of nitrogens with zero attached hydrogens (tertiary/aromatic N) is 2. The maximum Gasteiger partial charge on any atom is 0.325 e. The lowest BCUT2D eigenvalue weighted by Gasteiger charge is -2.05. The molecule has 21 heavy (non-hydrogen) atoms. The maximum absolute atomic E-state index is 12.2. The summed E-state index contributed by atoms with van der Waals surface area (Å²) in [5.74, 6) is -0.860. The van der Waals surface area contributed by atoms with E-state index in [4.69, 9.17) is 5.11 Å². The molecule has 0 aliphatic heterocycles. The van der Waals surface area contributed by atoms with Crippen LogP contribution in [0.15, 0.2) is 30.5 Å². The maximum atomic E-state index is 12.2. The van der Waals surface area contributed by atoms with Gasteiger partial charge in [-0.05, 0) is 42.5 Å². The molecule has 2 aromatic rings. The van der Waals surface area contributed by atoms with E-state index in [0.717, 1.165) is 19.3 Å². The highest BCUT2D eigenvalue weighted by molar-refractivity contribution is 6.03. The van der Waals surface area contributed by atoms with Crippen molar-refractivity contribution < 1.29 is 14.7 Å². The summed E-state index contributed by atoms with van der Waals surface area (Å²) in [6, 6.07) is 7.31. The van der Waals surface area contributed by atoms with Crippen LogP contribution in [0.3, 0.4) is 0 Å². The summed E-state index contributed by atoms with van der Waals surface area (Å²) >= 11 is 0. The summed E-state index contributed by atoms with van der Waals surface area (Å²) in [5.41, 5.74) is 3.15. The summed E-state index contributed by atoms with van der Waals surface area (Å²) in [6.45, 7) is -0.227. The van der Waals surface area contributed by atoms with Crippen LogP contribution in [0.1, 0.15) is 27.9 Å². The third-order valence-corrected chi connectivity index (χ3v) is 3.54. The number of aryl methyl sites for hydroxylation is 2. The molecule has 0 saturated heterocycles. The molecule has 3 rings (SSSR count). The fourth-order valence-electron chi connectivity index (χ4n) is 2.56. The minimum absolute atomic E-state index is 0.227. The average Bonchev–Trinajstić information content (AvgIpc) is 3.06. The molecule has 0 saturated carbocycles. The Hall–Kier alpha value is -2.63. The van der Waals surface area contributed by atoms with Crippen LogP contribution >= 0.6 is 0 Å². The fraction of sp³-hybridized carbons (Fsp3) is 0.267. The smallest absolute Gasteiger partial charge is 0.325 e. The first-order valence-corrected chi connectivity index (χ1v) is 6.80. The van der Waals surface area contributed by atoms with Gasteiger partial charge in [-0.15, -0.1) is 0 Å². The number of rotatable bonds is 4. The Morgan fingerprint density at radius 1 is 1.24 bits per heavy atom. The van der Waals surface area contributed by atoms with E-state index < -0.39 is 5.97 Å². The van der Waals surface area contributed by atoms with Gasteiger partial charge in [0, 0.05) is 17.8 Å². The van der Waals surface area contributed by atoms with E-state index in [1.54, 1.807) is 6.07 Å². The van der Waals surface area contributed by atoms with Gasteiger partial charge in [-0.25, -0.2) is 0 Å². The minimum Gasteiger partial charge on any atom is -0.480 e. The molecule has 1 amide bonds. The molecule has 1 aliphatic carbocycles. The first-order chi connectivity index (χ1) is 10.1. The van der Waals surface area contributed by atoms with Gasteiger partial charge in [-0.3, -0.25) is 14.3 Å². The zero-order valence-corrected chi connectivity index (χ0v) is 11.4.